The van der Waals surface area contributed by atoms with Crippen LogP contribution in [0.15, 0.2) is 4.47 Å². The third-order valence-electron chi connectivity index (χ3n) is 3.00. The van der Waals surface area contributed by atoms with Gasteiger partial charge in [0.25, 0.3) is 0 Å². The minimum atomic E-state index is -0.349. The smallest absolute Gasteiger partial charge is 0.357 e. The van der Waals surface area contributed by atoms with Crippen molar-refractivity contribution in [2.75, 3.05) is 32.9 Å². The van der Waals surface area contributed by atoms with Gasteiger partial charge in [-0.3, -0.25) is 9.58 Å². The summed E-state index contributed by atoms with van der Waals surface area (Å²) in [5.74, 6) is -0.349. The van der Waals surface area contributed by atoms with E-state index in [-0.39, 0.29) is 5.97 Å². The zero-order chi connectivity index (χ0) is 13.8. The van der Waals surface area contributed by atoms with Gasteiger partial charge in [0.2, 0.25) is 0 Å². The number of hydrogen-bond acceptors (Lipinski definition) is 5. The Balaban J connectivity index is 2.13. The summed E-state index contributed by atoms with van der Waals surface area (Å²) in [7, 11) is 1.75. The minimum Gasteiger partial charge on any atom is -0.461 e. The van der Waals surface area contributed by atoms with E-state index in [4.69, 9.17) is 9.47 Å². The first-order valence-corrected chi connectivity index (χ1v) is 7.11. The molecule has 0 aliphatic carbocycles. The molecule has 0 spiro atoms. The standard InChI is InChI=1S/C12H18BrN3O3/c1-3-19-12(17)11-10(13)9(14-15(11)2)8-16-4-6-18-7-5-16/h3-8H2,1-2H3. The van der Waals surface area contributed by atoms with Crippen molar-refractivity contribution in [3.05, 3.63) is 15.9 Å². The molecule has 1 aromatic heterocycles. The first-order chi connectivity index (χ1) is 9.13. The largest absolute Gasteiger partial charge is 0.461 e. The molecule has 7 heteroatoms. The lowest BCUT2D eigenvalue weighted by molar-refractivity contribution is 0.0335. The summed E-state index contributed by atoms with van der Waals surface area (Å²) in [6.45, 7) is 6.11. The second-order valence-corrected chi connectivity index (χ2v) is 5.13. The van der Waals surface area contributed by atoms with Gasteiger partial charge in [-0.05, 0) is 22.9 Å². The van der Waals surface area contributed by atoms with Gasteiger partial charge in [0.1, 0.15) is 0 Å². The minimum absolute atomic E-state index is 0.349. The maximum atomic E-state index is 11.8. The Hall–Kier alpha value is -0.920. The van der Waals surface area contributed by atoms with Crippen molar-refractivity contribution in [3.8, 4) is 0 Å². The number of halogens is 1. The topological polar surface area (TPSA) is 56.6 Å². The molecule has 106 valence electrons. The molecule has 1 aromatic rings. The predicted octanol–water partition coefficient (Wildman–Crippen LogP) is 1.19. The second-order valence-electron chi connectivity index (χ2n) is 4.34. The van der Waals surface area contributed by atoms with Crippen molar-refractivity contribution in [3.63, 3.8) is 0 Å². The van der Waals surface area contributed by atoms with Crippen LogP contribution in [0, 0.1) is 0 Å². The Morgan fingerprint density at radius 3 is 2.79 bits per heavy atom. The van der Waals surface area contributed by atoms with Crippen LogP contribution in [0.2, 0.25) is 0 Å². The Bertz CT molecular complexity index is 455. The summed E-state index contributed by atoms with van der Waals surface area (Å²) in [4.78, 5) is 14.1. The molecule has 6 nitrogen and oxygen atoms in total. The van der Waals surface area contributed by atoms with E-state index in [0.29, 0.717) is 18.8 Å². The molecule has 1 fully saturated rings. The van der Waals surface area contributed by atoms with Crippen molar-refractivity contribution in [1.29, 1.82) is 0 Å². The average Bonchev–Trinajstić information content (AvgIpc) is 2.66. The maximum Gasteiger partial charge on any atom is 0.357 e. The highest BCUT2D eigenvalue weighted by molar-refractivity contribution is 9.10. The van der Waals surface area contributed by atoms with E-state index < -0.39 is 0 Å². The lowest BCUT2D eigenvalue weighted by atomic mass is 10.3. The van der Waals surface area contributed by atoms with E-state index in [1.165, 1.54) is 0 Å². The van der Waals surface area contributed by atoms with Gasteiger partial charge < -0.3 is 9.47 Å². The van der Waals surface area contributed by atoms with Gasteiger partial charge in [0.05, 0.1) is 30.0 Å². The first kappa shape index (κ1) is 14.5. The fraction of sp³-hybridized carbons (Fsp3) is 0.667. The molecular weight excluding hydrogens is 314 g/mol. The number of hydrogen-bond donors (Lipinski definition) is 0. The van der Waals surface area contributed by atoms with Gasteiger partial charge in [0, 0.05) is 26.7 Å². The van der Waals surface area contributed by atoms with E-state index >= 15 is 0 Å². The average molecular weight is 332 g/mol. The highest BCUT2D eigenvalue weighted by Gasteiger charge is 2.23. The molecule has 1 aliphatic heterocycles. The number of rotatable bonds is 4. The summed E-state index contributed by atoms with van der Waals surface area (Å²) in [5, 5.41) is 4.39. The number of aryl methyl sites for hydroxylation is 1. The van der Waals surface area contributed by atoms with Gasteiger partial charge in [-0.25, -0.2) is 4.79 Å². The van der Waals surface area contributed by atoms with Crippen LogP contribution in [0.4, 0.5) is 0 Å². The summed E-state index contributed by atoms with van der Waals surface area (Å²) in [6, 6.07) is 0. The SMILES string of the molecule is CCOC(=O)c1c(Br)c(CN2CCOCC2)nn1C. The summed E-state index contributed by atoms with van der Waals surface area (Å²) in [6.07, 6.45) is 0. The van der Waals surface area contributed by atoms with Gasteiger partial charge in [-0.1, -0.05) is 0 Å². The molecule has 0 saturated carbocycles. The number of esters is 1. The normalized spacial score (nSPS) is 16.6. The van der Waals surface area contributed by atoms with Crippen molar-refractivity contribution >= 4 is 21.9 Å². The quantitative estimate of drug-likeness (QED) is 0.776. The molecule has 0 amide bonds. The van der Waals surface area contributed by atoms with Crippen LogP contribution in [0.3, 0.4) is 0 Å². The van der Waals surface area contributed by atoms with Gasteiger partial charge >= 0.3 is 5.97 Å². The molecule has 1 saturated heterocycles. The molecule has 0 unspecified atom stereocenters. The Labute approximate surface area is 120 Å². The monoisotopic (exact) mass is 331 g/mol. The van der Waals surface area contributed by atoms with Gasteiger partial charge in [-0.2, -0.15) is 5.10 Å². The van der Waals surface area contributed by atoms with E-state index in [1.807, 2.05) is 0 Å². The molecule has 1 aliphatic rings. The summed E-state index contributed by atoms with van der Waals surface area (Å²) in [5.41, 5.74) is 1.32. The van der Waals surface area contributed by atoms with Crippen LogP contribution in [0.5, 0.6) is 0 Å². The van der Waals surface area contributed by atoms with Crippen molar-refractivity contribution in [2.45, 2.75) is 13.5 Å². The molecule has 0 radical (unpaired) electrons. The van der Waals surface area contributed by atoms with Crippen LogP contribution >= 0.6 is 15.9 Å². The molecule has 0 aromatic carbocycles. The molecule has 0 bridgehead atoms. The van der Waals surface area contributed by atoms with Crippen LogP contribution in [0.25, 0.3) is 0 Å². The molecule has 0 N–H and O–H groups in total. The van der Waals surface area contributed by atoms with Crippen LogP contribution in [0.1, 0.15) is 23.1 Å². The fourth-order valence-electron chi connectivity index (χ4n) is 2.05. The van der Waals surface area contributed by atoms with Crippen LogP contribution in [-0.4, -0.2) is 53.6 Å². The molecule has 2 heterocycles. The number of ether oxygens (including phenoxy) is 2. The van der Waals surface area contributed by atoms with Crippen molar-refractivity contribution in [1.82, 2.24) is 14.7 Å². The molecule has 19 heavy (non-hydrogen) atoms. The second kappa shape index (κ2) is 6.49. The molecular formula is C12H18BrN3O3. The Morgan fingerprint density at radius 2 is 2.16 bits per heavy atom. The third kappa shape index (κ3) is 3.34. The Morgan fingerprint density at radius 1 is 1.47 bits per heavy atom. The lowest BCUT2D eigenvalue weighted by Crippen LogP contribution is -2.35. The van der Waals surface area contributed by atoms with Crippen LogP contribution < -0.4 is 0 Å². The molecule has 0 atom stereocenters. The van der Waals surface area contributed by atoms with E-state index in [0.717, 1.165) is 36.5 Å². The zero-order valence-corrected chi connectivity index (χ0v) is 12.8. The maximum absolute atomic E-state index is 11.8. The lowest BCUT2D eigenvalue weighted by Gasteiger charge is -2.25. The first-order valence-electron chi connectivity index (χ1n) is 6.32. The van der Waals surface area contributed by atoms with Gasteiger partial charge in [0.15, 0.2) is 5.69 Å². The Kier molecular flexibility index (Phi) is 4.95. The number of aromatic nitrogens is 2. The van der Waals surface area contributed by atoms with Crippen molar-refractivity contribution in [2.24, 2.45) is 7.05 Å². The van der Waals surface area contributed by atoms with E-state index in [1.54, 1.807) is 18.7 Å². The van der Waals surface area contributed by atoms with E-state index in [2.05, 4.69) is 25.9 Å². The fourth-order valence-corrected chi connectivity index (χ4v) is 2.67. The predicted molar refractivity (Wildman–Crippen MR) is 73.0 cm³/mol. The van der Waals surface area contributed by atoms with Crippen LogP contribution in [-0.2, 0) is 23.1 Å². The third-order valence-corrected chi connectivity index (χ3v) is 3.83. The number of nitrogens with zero attached hydrogens (tertiary/aromatic N) is 3. The summed E-state index contributed by atoms with van der Waals surface area (Å²) < 4.78 is 12.6. The number of carbonyl (C=O) groups is 1. The van der Waals surface area contributed by atoms with Gasteiger partial charge in [-0.15, -0.1) is 0 Å². The number of morpholine rings is 1. The van der Waals surface area contributed by atoms with E-state index in [9.17, 15) is 4.79 Å². The zero-order valence-electron chi connectivity index (χ0n) is 11.2. The summed E-state index contributed by atoms with van der Waals surface area (Å²) >= 11 is 3.46. The highest BCUT2D eigenvalue weighted by atomic mass is 79.9. The van der Waals surface area contributed by atoms with Crippen molar-refractivity contribution < 1.29 is 14.3 Å². The molecule has 2 rings (SSSR count). The number of carbonyl (C=O) groups excluding carboxylic acids is 1. The highest BCUT2D eigenvalue weighted by Crippen LogP contribution is 2.23.